The smallest absolute Gasteiger partial charge is 0.116 e. The molecule has 0 aliphatic carbocycles. The Morgan fingerprint density at radius 1 is 1.17 bits per heavy atom. The Morgan fingerprint density at radius 2 is 1.58 bits per heavy atom. The van der Waals surface area contributed by atoms with E-state index in [1.165, 1.54) is 12.6 Å². The predicted octanol–water partition coefficient (Wildman–Crippen LogP) is 1.96. The molecule has 1 rings (SSSR count). The molecule has 2 heteroatoms. The molecule has 0 atom stereocenters. The third kappa shape index (κ3) is 4.50. The van der Waals surface area contributed by atoms with E-state index in [0.29, 0.717) is 0 Å². The average molecular weight is 165 g/mol. The fraction of sp³-hybridized carbons (Fsp3) is 0.300. The molecule has 2 nitrogen and oxygen atoms in total. The zero-order chi connectivity index (χ0) is 9.40. The largest absolute Gasteiger partial charge is 0.378 e. The summed E-state index contributed by atoms with van der Waals surface area (Å²) in [5.74, 6) is 0. The van der Waals surface area contributed by atoms with Crippen molar-refractivity contribution < 1.29 is 4.79 Å². The Labute approximate surface area is 73.8 Å². The highest BCUT2D eigenvalue weighted by Gasteiger charge is 1.87. The zero-order valence-electron chi connectivity index (χ0n) is 7.82. The Hall–Kier alpha value is -1.31. The molecular weight excluding hydrogens is 150 g/mol. The van der Waals surface area contributed by atoms with Gasteiger partial charge in [0.2, 0.25) is 0 Å². The molecule has 12 heavy (non-hydrogen) atoms. The van der Waals surface area contributed by atoms with E-state index in [1.807, 2.05) is 32.3 Å². The van der Waals surface area contributed by atoms with Crippen molar-refractivity contribution >= 4 is 12.0 Å². The summed E-state index contributed by atoms with van der Waals surface area (Å²) in [5, 5.41) is 0. The maximum Gasteiger partial charge on any atom is 0.116 e. The van der Waals surface area contributed by atoms with Gasteiger partial charge in [0.15, 0.2) is 0 Å². The van der Waals surface area contributed by atoms with E-state index < -0.39 is 0 Å². The maximum absolute atomic E-state index is 8.81. The van der Waals surface area contributed by atoms with E-state index in [9.17, 15) is 0 Å². The molecular formula is C10H15NO. The van der Waals surface area contributed by atoms with Crippen LogP contribution in [-0.2, 0) is 4.79 Å². The fourth-order valence-corrected chi connectivity index (χ4v) is 0.726. The van der Waals surface area contributed by atoms with Crippen LogP contribution in [0.1, 0.15) is 6.92 Å². The lowest BCUT2D eigenvalue weighted by molar-refractivity contribution is -0.106. The summed E-state index contributed by atoms with van der Waals surface area (Å²) in [6.07, 6.45) is 0.750. The summed E-state index contributed by atoms with van der Waals surface area (Å²) in [7, 11) is 4.07. The quantitative estimate of drug-likeness (QED) is 0.593. The third-order valence-corrected chi connectivity index (χ3v) is 1.27. The van der Waals surface area contributed by atoms with Crippen LogP contribution in [-0.4, -0.2) is 20.4 Å². The van der Waals surface area contributed by atoms with Crippen LogP contribution in [0.2, 0.25) is 0 Å². The summed E-state index contributed by atoms with van der Waals surface area (Å²) in [6.45, 7) is 1.44. The van der Waals surface area contributed by atoms with Crippen molar-refractivity contribution in [1.29, 1.82) is 0 Å². The lowest BCUT2D eigenvalue weighted by Gasteiger charge is -2.10. The first-order valence-corrected chi connectivity index (χ1v) is 3.84. The van der Waals surface area contributed by atoms with Gasteiger partial charge in [0.1, 0.15) is 6.29 Å². The molecule has 0 spiro atoms. The average Bonchev–Trinajstić information content (AvgIpc) is 2.07. The highest BCUT2D eigenvalue weighted by molar-refractivity contribution is 5.44. The number of hydrogen-bond donors (Lipinski definition) is 0. The van der Waals surface area contributed by atoms with Gasteiger partial charge in [0, 0.05) is 19.8 Å². The number of rotatable bonds is 1. The van der Waals surface area contributed by atoms with Crippen LogP contribution >= 0.6 is 0 Å². The number of nitrogens with zero attached hydrogens (tertiary/aromatic N) is 1. The standard InChI is InChI=1S/C8H11N.C2H4O/c1-9(2)8-6-4-3-5-7-8;1-2-3/h3-7H,1-2H3;2H,1H3. The van der Waals surface area contributed by atoms with Gasteiger partial charge in [0.25, 0.3) is 0 Å². The van der Waals surface area contributed by atoms with Crippen molar-refractivity contribution in [3.63, 3.8) is 0 Å². The molecule has 0 saturated carbocycles. The molecule has 0 unspecified atom stereocenters. The van der Waals surface area contributed by atoms with Crippen LogP contribution in [0, 0.1) is 0 Å². The van der Waals surface area contributed by atoms with Gasteiger partial charge in [-0.05, 0) is 19.1 Å². The van der Waals surface area contributed by atoms with Gasteiger partial charge >= 0.3 is 0 Å². The van der Waals surface area contributed by atoms with Crippen LogP contribution in [0.25, 0.3) is 0 Å². The van der Waals surface area contributed by atoms with E-state index in [-0.39, 0.29) is 0 Å². The number of aldehydes is 1. The number of anilines is 1. The summed E-state index contributed by atoms with van der Waals surface area (Å²) in [5.41, 5.74) is 1.25. The summed E-state index contributed by atoms with van der Waals surface area (Å²) >= 11 is 0. The Balaban J connectivity index is 0.000000354. The fourth-order valence-electron chi connectivity index (χ4n) is 0.726. The second-order valence-corrected chi connectivity index (χ2v) is 2.47. The summed E-state index contributed by atoms with van der Waals surface area (Å²) < 4.78 is 0. The second kappa shape index (κ2) is 6.40. The molecule has 0 fully saturated rings. The number of hydrogen-bond acceptors (Lipinski definition) is 2. The minimum absolute atomic E-state index is 0.750. The second-order valence-electron chi connectivity index (χ2n) is 2.47. The molecule has 1 aromatic carbocycles. The van der Waals surface area contributed by atoms with E-state index in [0.717, 1.165) is 6.29 Å². The van der Waals surface area contributed by atoms with E-state index in [1.54, 1.807) is 0 Å². The lowest BCUT2D eigenvalue weighted by atomic mass is 10.3. The number of carbonyl (C=O) groups excluding carboxylic acids is 1. The molecule has 0 heterocycles. The Bertz CT molecular complexity index is 206. The molecule has 0 N–H and O–H groups in total. The Morgan fingerprint density at radius 3 is 1.83 bits per heavy atom. The molecule has 0 radical (unpaired) electrons. The normalized spacial score (nSPS) is 7.92. The van der Waals surface area contributed by atoms with Gasteiger partial charge in [-0.3, -0.25) is 0 Å². The van der Waals surface area contributed by atoms with Gasteiger partial charge in [-0.1, -0.05) is 18.2 Å². The lowest BCUT2D eigenvalue weighted by Crippen LogP contribution is -2.07. The van der Waals surface area contributed by atoms with Crippen LogP contribution in [0.3, 0.4) is 0 Å². The SMILES string of the molecule is CC=O.CN(C)c1ccccc1. The van der Waals surface area contributed by atoms with Crippen molar-refractivity contribution in [3.05, 3.63) is 30.3 Å². The van der Waals surface area contributed by atoms with Crippen LogP contribution in [0.5, 0.6) is 0 Å². The number of para-hydroxylation sites is 1. The highest BCUT2D eigenvalue weighted by atomic mass is 16.1. The minimum Gasteiger partial charge on any atom is -0.378 e. The van der Waals surface area contributed by atoms with Crippen LogP contribution in [0.4, 0.5) is 5.69 Å². The first-order chi connectivity index (χ1) is 5.72. The molecule has 66 valence electrons. The molecule has 0 aromatic heterocycles. The molecule has 0 aliphatic heterocycles. The predicted molar refractivity (Wildman–Crippen MR) is 52.5 cm³/mol. The van der Waals surface area contributed by atoms with Gasteiger partial charge in [-0.15, -0.1) is 0 Å². The number of carbonyl (C=O) groups is 1. The van der Waals surface area contributed by atoms with Gasteiger partial charge in [0.05, 0.1) is 0 Å². The third-order valence-electron chi connectivity index (χ3n) is 1.27. The van der Waals surface area contributed by atoms with Gasteiger partial charge in [-0.2, -0.15) is 0 Å². The number of benzene rings is 1. The first kappa shape index (κ1) is 10.7. The maximum atomic E-state index is 8.81. The molecule has 0 aliphatic rings. The van der Waals surface area contributed by atoms with Crippen LogP contribution < -0.4 is 4.90 Å². The van der Waals surface area contributed by atoms with E-state index >= 15 is 0 Å². The van der Waals surface area contributed by atoms with E-state index in [4.69, 9.17) is 4.79 Å². The Kier molecular flexibility index (Phi) is 5.70. The van der Waals surface area contributed by atoms with Crippen molar-refractivity contribution in [2.45, 2.75) is 6.92 Å². The van der Waals surface area contributed by atoms with Crippen molar-refractivity contribution in [1.82, 2.24) is 0 Å². The van der Waals surface area contributed by atoms with Crippen molar-refractivity contribution in [3.8, 4) is 0 Å². The zero-order valence-corrected chi connectivity index (χ0v) is 7.82. The van der Waals surface area contributed by atoms with Crippen LogP contribution in [0.15, 0.2) is 30.3 Å². The van der Waals surface area contributed by atoms with E-state index in [2.05, 4.69) is 17.0 Å². The first-order valence-electron chi connectivity index (χ1n) is 3.84. The molecule has 0 bridgehead atoms. The monoisotopic (exact) mass is 165 g/mol. The van der Waals surface area contributed by atoms with Crippen molar-refractivity contribution in [2.75, 3.05) is 19.0 Å². The summed E-state index contributed by atoms with van der Waals surface area (Å²) in [6, 6.07) is 10.3. The molecule has 0 amide bonds. The highest BCUT2D eigenvalue weighted by Crippen LogP contribution is 2.07. The van der Waals surface area contributed by atoms with Gasteiger partial charge in [-0.25, -0.2) is 0 Å². The molecule has 0 saturated heterocycles. The molecule has 1 aromatic rings. The minimum atomic E-state index is 0.750. The topological polar surface area (TPSA) is 20.3 Å². The summed E-state index contributed by atoms with van der Waals surface area (Å²) in [4.78, 5) is 10.9. The van der Waals surface area contributed by atoms with Gasteiger partial charge < -0.3 is 9.69 Å². The van der Waals surface area contributed by atoms with Crippen molar-refractivity contribution in [2.24, 2.45) is 0 Å².